The summed E-state index contributed by atoms with van der Waals surface area (Å²) in [5.74, 6) is -0.292. The van der Waals surface area contributed by atoms with Crippen molar-refractivity contribution in [3.8, 4) is 0 Å². The number of nitrogens with zero attached hydrogens (tertiary/aromatic N) is 2. The second-order valence-electron chi connectivity index (χ2n) is 8.36. The van der Waals surface area contributed by atoms with Crippen LogP contribution in [0, 0.1) is 5.92 Å². The van der Waals surface area contributed by atoms with Gasteiger partial charge in [-0.15, -0.1) is 11.8 Å². The van der Waals surface area contributed by atoms with Gasteiger partial charge in [0, 0.05) is 19.3 Å². The van der Waals surface area contributed by atoms with Crippen molar-refractivity contribution in [2.45, 2.75) is 72.3 Å². The van der Waals surface area contributed by atoms with Crippen LogP contribution in [0.25, 0.3) is 0 Å². The highest BCUT2D eigenvalue weighted by atomic mass is 32.2. The Morgan fingerprint density at radius 2 is 1.87 bits per heavy atom. The van der Waals surface area contributed by atoms with E-state index in [0.717, 1.165) is 42.7 Å². The van der Waals surface area contributed by atoms with Gasteiger partial charge in [-0.1, -0.05) is 19.9 Å². The van der Waals surface area contributed by atoms with E-state index >= 15 is 0 Å². The van der Waals surface area contributed by atoms with Gasteiger partial charge >= 0.3 is 12.1 Å². The molecule has 7 heteroatoms. The number of ether oxygens (including phenoxy) is 2. The lowest BCUT2D eigenvalue weighted by atomic mass is 9.86. The minimum atomic E-state index is -0.512. The van der Waals surface area contributed by atoms with Crippen LogP contribution >= 0.6 is 11.8 Å². The van der Waals surface area contributed by atoms with Gasteiger partial charge in [-0.2, -0.15) is 0 Å². The second kappa shape index (κ2) is 12.8. The molecule has 30 heavy (non-hydrogen) atoms. The van der Waals surface area contributed by atoms with Crippen molar-refractivity contribution in [3.05, 3.63) is 23.9 Å². The van der Waals surface area contributed by atoms with Crippen LogP contribution < -0.4 is 0 Å². The standard InChI is InChI=1S/C23H38N2O4S/c1-8-10-11-20(30-7)24-16-19(21(26)28-9-2)17(3)18-12-14-25(15-13-18)22(27)29-23(4,5)6/h16,18H,3,8-15H2,1-2,4-7H3/b19-16+,24-20?. The van der Waals surface area contributed by atoms with Gasteiger partial charge in [-0.25, -0.2) is 9.59 Å². The summed E-state index contributed by atoms with van der Waals surface area (Å²) in [4.78, 5) is 31.1. The van der Waals surface area contributed by atoms with Crippen LogP contribution in [-0.4, -0.2) is 53.6 Å². The number of aliphatic imine (C=N–C) groups is 1. The maximum atomic E-state index is 12.6. The smallest absolute Gasteiger partial charge is 0.410 e. The van der Waals surface area contributed by atoms with Crippen LogP contribution in [0.2, 0.25) is 0 Å². The molecule has 0 aromatic rings. The number of amides is 1. The van der Waals surface area contributed by atoms with Gasteiger partial charge in [0.15, 0.2) is 0 Å². The Morgan fingerprint density at radius 1 is 1.23 bits per heavy atom. The van der Waals surface area contributed by atoms with Gasteiger partial charge in [0.2, 0.25) is 0 Å². The van der Waals surface area contributed by atoms with Crippen LogP contribution in [0.3, 0.4) is 0 Å². The van der Waals surface area contributed by atoms with Gasteiger partial charge in [0.1, 0.15) is 5.60 Å². The number of likely N-dealkylation sites (tertiary alicyclic amines) is 1. The third-order valence-electron chi connectivity index (χ3n) is 4.80. The van der Waals surface area contributed by atoms with Crippen molar-refractivity contribution >= 4 is 28.9 Å². The Bertz CT molecular complexity index is 657. The molecule has 0 unspecified atom stereocenters. The number of unbranched alkanes of at least 4 members (excludes halogenated alkanes) is 1. The highest BCUT2D eigenvalue weighted by Crippen LogP contribution is 2.30. The first-order valence-electron chi connectivity index (χ1n) is 10.8. The van der Waals surface area contributed by atoms with Crippen molar-refractivity contribution in [2.24, 2.45) is 10.9 Å². The third-order valence-corrected chi connectivity index (χ3v) is 5.58. The van der Waals surface area contributed by atoms with E-state index in [1.165, 1.54) is 0 Å². The molecule has 0 atom stereocenters. The fraction of sp³-hybridized carbons (Fsp3) is 0.696. The Labute approximate surface area is 186 Å². The molecule has 0 saturated carbocycles. The minimum Gasteiger partial charge on any atom is -0.462 e. The van der Waals surface area contributed by atoms with Crippen LogP contribution in [0.1, 0.15) is 66.7 Å². The maximum absolute atomic E-state index is 12.6. The molecule has 6 nitrogen and oxygen atoms in total. The molecule has 1 heterocycles. The summed E-state index contributed by atoms with van der Waals surface area (Å²) >= 11 is 1.60. The maximum Gasteiger partial charge on any atom is 0.410 e. The number of rotatable bonds is 8. The zero-order valence-electron chi connectivity index (χ0n) is 19.5. The van der Waals surface area contributed by atoms with E-state index in [-0.39, 0.29) is 12.0 Å². The van der Waals surface area contributed by atoms with Gasteiger partial charge in [0.25, 0.3) is 0 Å². The number of hydrogen-bond donors (Lipinski definition) is 0. The van der Waals surface area contributed by atoms with Gasteiger partial charge < -0.3 is 14.4 Å². The number of thioether (sulfide) groups is 1. The lowest BCUT2D eigenvalue weighted by molar-refractivity contribution is -0.138. The molecule has 1 rings (SSSR count). The summed E-state index contributed by atoms with van der Waals surface area (Å²) in [6.45, 7) is 15.2. The normalized spacial score (nSPS) is 16.4. The predicted molar refractivity (Wildman–Crippen MR) is 125 cm³/mol. The van der Waals surface area contributed by atoms with E-state index in [2.05, 4.69) is 18.5 Å². The van der Waals surface area contributed by atoms with E-state index in [1.807, 2.05) is 27.0 Å². The highest BCUT2D eigenvalue weighted by Gasteiger charge is 2.30. The average molecular weight is 439 g/mol. The molecule has 1 aliphatic heterocycles. The summed E-state index contributed by atoms with van der Waals surface area (Å²) in [6, 6.07) is 0. The Morgan fingerprint density at radius 3 is 2.37 bits per heavy atom. The number of piperidine rings is 1. The number of carbonyl (C=O) groups excluding carboxylic acids is 2. The second-order valence-corrected chi connectivity index (χ2v) is 9.24. The quantitative estimate of drug-likeness (QED) is 0.162. The lowest BCUT2D eigenvalue weighted by Gasteiger charge is -2.34. The first-order chi connectivity index (χ1) is 14.1. The van der Waals surface area contributed by atoms with Crippen LogP contribution in [0.15, 0.2) is 28.9 Å². The van der Waals surface area contributed by atoms with E-state index in [9.17, 15) is 9.59 Å². The number of esters is 1. The zero-order chi connectivity index (χ0) is 22.7. The Kier molecular flexibility index (Phi) is 11.2. The van der Waals surface area contributed by atoms with Crippen molar-refractivity contribution in [1.29, 1.82) is 0 Å². The molecule has 170 valence electrons. The fourth-order valence-corrected chi connectivity index (χ4v) is 3.62. The summed E-state index contributed by atoms with van der Waals surface area (Å²) < 4.78 is 10.7. The number of hydrogen-bond acceptors (Lipinski definition) is 6. The van der Waals surface area contributed by atoms with Crippen molar-refractivity contribution in [2.75, 3.05) is 26.0 Å². The molecular weight excluding hydrogens is 400 g/mol. The van der Waals surface area contributed by atoms with Crippen molar-refractivity contribution in [1.82, 2.24) is 4.90 Å². The van der Waals surface area contributed by atoms with Gasteiger partial charge in [0.05, 0.1) is 17.2 Å². The molecule has 1 aliphatic rings. The average Bonchev–Trinajstić information content (AvgIpc) is 2.69. The molecule has 1 amide bonds. The molecule has 0 aliphatic carbocycles. The largest absolute Gasteiger partial charge is 0.462 e. The molecular formula is C23H38N2O4S. The molecule has 0 N–H and O–H groups in total. The fourth-order valence-electron chi connectivity index (χ4n) is 3.12. The minimum absolute atomic E-state index is 0.0999. The summed E-state index contributed by atoms with van der Waals surface area (Å²) in [6.07, 6.45) is 7.81. The van der Waals surface area contributed by atoms with Crippen LogP contribution in [0.5, 0.6) is 0 Å². The lowest BCUT2D eigenvalue weighted by Crippen LogP contribution is -2.42. The van der Waals surface area contributed by atoms with Gasteiger partial charge in [-0.3, -0.25) is 4.99 Å². The van der Waals surface area contributed by atoms with E-state index in [1.54, 1.807) is 29.8 Å². The first kappa shape index (κ1) is 26.3. The van der Waals surface area contributed by atoms with E-state index < -0.39 is 11.6 Å². The predicted octanol–water partition coefficient (Wildman–Crippen LogP) is 5.59. The molecule has 0 spiro atoms. The Balaban J connectivity index is 2.88. The molecule has 1 fully saturated rings. The van der Waals surface area contributed by atoms with Gasteiger partial charge in [-0.05, 0) is 71.1 Å². The molecule has 0 radical (unpaired) electrons. The zero-order valence-corrected chi connectivity index (χ0v) is 20.3. The van der Waals surface area contributed by atoms with E-state index in [0.29, 0.717) is 25.3 Å². The monoisotopic (exact) mass is 438 g/mol. The summed E-state index contributed by atoms with van der Waals surface area (Å²) in [7, 11) is 0. The van der Waals surface area contributed by atoms with Crippen LogP contribution in [-0.2, 0) is 14.3 Å². The first-order valence-corrected chi connectivity index (χ1v) is 12.0. The SMILES string of the molecule is C=C(/C(=C\N=C(CCCC)SC)C(=O)OCC)C1CCN(C(=O)OC(C)(C)C)CC1. The molecule has 0 bridgehead atoms. The van der Waals surface area contributed by atoms with E-state index in [4.69, 9.17) is 9.47 Å². The van der Waals surface area contributed by atoms with Crippen molar-refractivity contribution < 1.29 is 19.1 Å². The molecule has 0 aromatic heterocycles. The molecule has 1 saturated heterocycles. The van der Waals surface area contributed by atoms with Crippen LogP contribution in [0.4, 0.5) is 4.79 Å². The summed E-state index contributed by atoms with van der Waals surface area (Å²) in [5, 5.41) is 0.992. The van der Waals surface area contributed by atoms with Crippen molar-refractivity contribution in [3.63, 3.8) is 0 Å². The highest BCUT2D eigenvalue weighted by molar-refractivity contribution is 8.13. The third kappa shape index (κ3) is 8.94. The summed E-state index contributed by atoms with van der Waals surface area (Å²) in [5.41, 5.74) is 0.648. The molecule has 0 aromatic carbocycles. The topological polar surface area (TPSA) is 68.2 Å². The number of carbonyl (C=O) groups is 2. The Hall–Kier alpha value is -1.76.